The van der Waals surface area contributed by atoms with Crippen LogP contribution in [0.25, 0.3) is 10.8 Å². The van der Waals surface area contributed by atoms with Gasteiger partial charge in [-0.15, -0.1) is 0 Å². The molecule has 0 bridgehead atoms. The molecule has 2 N–H and O–H groups in total. The third kappa shape index (κ3) is 4.63. The number of benzene rings is 2. The lowest BCUT2D eigenvalue weighted by Crippen LogP contribution is -2.33. The molecule has 1 heterocycles. The fourth-order valence-electron chi connectivity index (χ4n) is 2.97. The van der Waals surface area contributed by atoms with Crippen LogP contribution in [-0.4, -0.2) is 27.3 Å². The van der Waals surface area contributed by atoms with Crippen LogP contribution in [0.2, 0.25) is 5.02 Å². The van der Waals surface area contributed by atoms with Gasteiger partial charge in [-0.25, -0.2) is 9.07 Å². The molecule has 2 aromatic carbocycles. The van der Waals surface area contributed by atoms with E-state index in [9.17, 15) is 19.1 Å². The normalized spacial score (nSPS) is 12.1. The van der Waals surface area contributed by atoms with Crippen molar-refractivity contribution in [3.8, 4) is 0 Å². The predicted octanol–water partition coefficient (Wildman–Crippen LogP) is 3.45. The molecule has 0 saturated carbocycles. The molecule has 29 heavy (non-hydrogen) atoms. The summed E-state index contributed by atoms with van der Waals surface area (Å²) in [6, 6.07) is 10.7. The van der Waals surface area contributed by atoms with Crippen LogP contribution in [-0.2, 0) is 6.54 Å². The van der Waals surface area contributed by atoms with E-state index in [1.807, 2.05) is 6.92 Å². The Morgan fingerprint density at radius 1 is 1.28 bits per heavy atom. The van der Waals surface area contributed by atoms with E-state index in [-0.39, 0.29) is 28.4 Å². The molecule has 8 heteroatoms. The Hall–Kier alpha value is -2.77. The molecule has 1 atom stereocenters. The van der Waals surface area contributed by atoms with Gasteiger partial charge in [-0.1, -0.05) is 49.2 Å². The number of rotatable bonds is 7. The molecule has 0 fully saturated rings. The average molecular weight is 418 g/mol. The summed E-state index contributed by atoms with van der Waals surface area (Å²) < 4.78 is 14.9. The summed E-state index contributed by atoms with van der Waals surface area (Å²) in [6.45, 7) is 2.26. The molecule has 0 aliphatic rings. The van der Waals surface area contributed by atoms with Crippen molar-refractivity contribution in [2.75, 3.05) is 6.54 Å². The monoisotopic (exact) mass is 417 g/mol. The van der Waals surface area contributed by atoms with Gasteiger partial charge in [0.1, 0.15) is 5.82 Å². The molecule has 3 rings (SSSR count). The van der Waals surface area contributed by atoms with Crippen LogP contribution in [0.3, 0.4) is 0 Å². The van der Waals surface area contributed by atoms with Gasteiger partial charge in [0, 0.05) is 18.5 Å². The van der Waals surface area contributed by atoms with Crippen LogP contribution in [0.1, 0.15) is 41.9 Å². The van der Waals surface area contributed by atoms with Gasteiger partial charge in [-0.2, -0.15) is 5.10 Å². The van der Waals surface area contributed by atoms with E-state index in [1.54, 1.807) is 24.3 Å². The van der Waals surface area contributed by atoms with E-state index >= 15 is 0 Å². The lowest BCUT2D eigenvalue weighted by Gasteiger charge is -2.14. The van der Waals surface area contributed by atoms with E-state index in [2.05, 4.69) is 10.4 Å². The quantitative estimate of drug-likeness (QED) is 0.616. The summed E-state index contributed by atoms with van der Waals surface area (Å²) in [5.41, 5.74) is 0.144. The fourth-order valence-corrected chi connectivity index (χ4v) is 3.09. The second-order valence-electron chi connectivity index (χ2n) is 6.68. The molecule has 0 radical (unpaired) electrons. The minimum atomic E-state index is -1.12. The summed E-state index contributed by atoms with van der Waals surface area (Å²) in [5.74, 6) is -1.18. The highest BCUT2D eigenvalue weighted by Crippen LogP contribution is 2.20. The SMILES string of the molecule is CCCCn1nc(C(=O)NC[C@@H](O)c2ccc(Cl)c(F)c2)c2ccccc2c1=O. The lowest BCUT2D eigenvalue weighted by atomic mass is 10.1. The Kier molecular flexibility index (Phi) is 6.61. The van der Waals surface area contributed by atoms with Crippen molar-refractivity contribution in [3.63, 3.8) is 0 Å². The van der Waals surface area contributed by atoms with E-state index in [4.69, 9.17) is 11.6 Å². The Labute approximate surface area is 171 Å². The molecule has 0 unspecified atom stereocenters. The van der Waals surface area contributed by atoms with E-state index in [0.29, 0.717) is 17.3 Å². The number of carbonyl (C=O) groups excluding carboxylic acids is 1. The van der Waals surface area contributed by atoms with Crippen LogP contribution < -0.4 is 10.9 Å². The summed E-state index contributed by atoms with van der Waals surface area (Å²) in [7, 11) is 0. The third-order valence-corrected chi connectivity index (χ3v) is 4.90. The number of unbranched alkanes of at least 4 members (excludes halogenated alkanes) is 1. The van der Waals surface area contributed by atoms with Crippen molar-refractivity contribution in [2.45, 2.75) is 32.4 Å². The number of amides is 1. The van der Waals surface area contributed by atoms with Crippen molar-refractivity contribution in [2.24, 2.45) is 0 Å². The largest absolute Gasteiger partial charge is 0.387 e. The first-order valence-corrected chi connectivity index (χ1v) is 9.71. The Morgan fingerprint density at radius 2 is 2.00 bits per heavy atom. The molecule has 3 aromatic rings. The Morgan fingerprint density at radius 3 is 2.69 bits per heavy atom. The first-order chi connectivity index (χ1) is 13.9. The maximum atomic E-state index is 13.6. The van der Waals surface area contributed by atoms with Crippen LogP contribution in [0.15, 0.2) is 47.3 Å². The Balaban J connectivity index is 1.85. The number of nitrogens with zero attached hydrogens (tertiary/aromatic N) is 2. The van der Waals surface area contributed by atoms with E-state index in [1.165, 1.54) is 16.8 Å². The van der Waals surface area contributed by atoms with Gasteiger partial charge in [-0.3, -0.25) is 9.59 Å². The van der Waals surface area contributed by atoms with Crippen LogP contribution >= 0.6 is 11.6 Å². The number of hydrogen-bond donors (Lipinski definition) is 2. The van der Waals surface area contributed by atoms with Crippen molar-refractivity contribution < 1.29 is 14.3 Å². The molecule has 0 spiro atoms. The zero-order valence-electron chi connectivity index (χ0n) is 15.9. The van der Waals surface area contributed by atoms with Gasteiger partial charge in [0.15, 0.2) is 5.69 Å². The molecule has 152 valence electrons. The molecule has 1 amide bonds. The molecular weight excluding hydrogens is 397 g/mol. The number of aromatic nitrogens is 2. The molecule has 1 aromatic heterocycles. The zero-order chi connectivity index (χ0) is 21.0. The summed E-state index contributed by atoms with van der Waals surface area (Å²) >= 11 is 5.65. The zero-order valence-corrected chi connectivity index (χ0v) is 16.6. The number of aliphatic hydroxyl groups excluding tert-OH is 1. The van der Waals surface area contributed by atoms with Crippen LogP contribution in [0.5, 0.6) is 0 Å². The van der Waals surface area contributed by atoms with Crippen LogP contribution in [0.4, 0.5) is 4.39 Å². The second kappa shape index (κ2) is 9.15. The van der Waals surface area contributed by atoms with Crippen molar-refractivity contribution in [1.29, 1.82) is 0 Å². The summed E-state index contributed by atoms with van der Waals surface area (Å²) in [4.78, 5) is 25.4. The summed E-state index contributed by atoms with van der Waals surface area (Å²) in [6.07, 6.45) is 0.516. The maximum Gasteiger partial charge on any atom is 0.274 e. The van der Waals surface area contributed by atoms with Gasteiger partial charge in [0.25, 0.3) is 11.5 Å². The number of fused-ring (bicyclic) bond motifs is 1. The highest BCUT2D eigenvalue weighted by atomic mass is 35.5. The van der Waals surface area contributed by atoms with Crippen molar-refractivity contribution in [1.82, 2.24) is 15.1 Å². The van der Waals surface area contributed by atoms with Gasteiger partial charge < -0.3 is 10.4 Å². The smallest absolute Gasteiger partial charge is 0.274 e. The third-order valence-electron chi connectivity index (χ3n) is 4.59. The van der Waals surface area contributed by atoms with Crippen molar-refractivity contribution >= 4 is 28.3 Å². The number of aliphatic hydroxyl groups is 1. The van der Waals surface area contributed by atoms with Gasteiger partial charge >= 0.3 is 0 Å². The predicted molar refractivity (Wildman–Crippen MR) is 110 cm³/mol. The van der Waals surface area contributed by atoms with E-state index < -0.39 is 17.8 Å². The topological polar surface area (TPSA) is 84.2 Å². The second-order valence-corrected chi connectivity index (χ2v) is 7.08. The first-order valence-electron chi connectivity index (χ1n) is 9.33. The number of aryl methyl sites for hydroxylation is 1. The Bertz CT molecular complexity index is 1100. The van der Waals surface area contributed by atoms with E-state index in [0.717, 1.165) is 18.9 Å². The molecular formula is C21H21ClFN3O3. The maximum absolute atomic E-state index is 13.6. The summed E-state index contributed by atoms with van der Waals surface area (Å²) in [5, 5.41) is 17.9. The number of carbonyl (C=O) groups is 1. The highest BCUT2D eigenvalue weighted by molar-refractivity contribution is 6.30. The number of nitrogens with one attached hydrogen (secondary N) is 1. The minimum absolute atomic E-state index is 0.0463. The van der Waals surface area contributed by atoms with Gasteiger partial charge in [-0.05, 0) is 30.2 Å². The van der Waals surface area contributed by atoms with Crippen molar-refractivity contribution in [3.05, 3.63) is 74.9 Å². The van der Waals surface area contributed by atoms with Gasteiger partial charge in [0.05, 0.1) is 16.5 Å². The fraction of sp³-hybridized carbons (Fsp3) is 0.286. The number of halogens is 2. The average Bonchev–Trinajstić information content (AvgIpc) is 2.73. The highest BCUT2D eigenvalue weighted by Gasteiger charge is 2.18. The number of hydrogen-bond acceptors (Lipinski definition) is 4. The first kappa shape index (κ1) is 21.0. The molecule has 6 nitrogen and oxygen atoms in total. The molecule has 0 aliphatic carbocycles. The minimum Gasteiger partial charge on any atom is -0.387 e. The molecule has 0 saturated heterocycles. The van der Waals surface area contributed by atoms with Crippen LogP contribution in [0, 0.1) is 5.82 Å². The standard InChI is InChI=1S/C21H21ClFN3O3/c1-2-3-10-26-21(29)15-7-5-4-6-14(15)19(25-26)20(28)24-12-18(27)13-8-9-16(22)17(23)11-13/h4-9,11,18,27H,2-3,10,12H2,1H3,(H,24,28)/t18-/m1/s1. The van der Waals surface area contributed by atoms with Gasteiger partial charge in [0.2, 0.25) is 0 Å². The molecule has 0 aliphatic heterocycles. The lowest BCUT2D eigenvalue weighted by molar-refractivity contribution is 0.0910.